The summed E-state index contributed by atoms with van der Waals surface area (Å²) in [5.41, 5.74) is 23.8. The van der Waals surface area contributed by atoms with Crippen LogP contribution in [-0.4, -0.2) is 0 Å². The highest BCUT2D eigenvalue weighted by Gasteiger charge is 2.51. The normalized spacial score (nSPS) is 14.2. The Labute approximate surface area is 346 Å². The Kier molecular flexibility index (Phi) is 7.26. The summed E-state index contributed by atoms with van der Waals surface area (Å²) in [7, 11) is 0. The molecule has 59 heavy (non-hydrogen) atoms. The Morgan fingerprint density at radius 2 is 0.797 bits per heavy atom. The predicted molar refractivity (Wildman–Crippen MR) is 246 cm³/mol. The van der Waals surface area contributed by atoms with Crippen molar-refractivity contribution >= 4 is 17.1 Å². The average Bonchev–Trinajstić information content (AvgIpc) is 3.85. The van der Waals surface area contributed by atoms with Gasteiger partial charge in [0.05, 0.1) is 11.1 Å². The van der Waals surface area contributed by atoms with E-state index in [2.05, 4.69) is 231 Å². The van der Waals surface area contributed by atoms with Crippen molar-refractivity contribution in [2.24, 2.45) is 0 Å². The highest BCUT2D eigenvalue weighted by Crippen LogP contribution is 2.63. The number of benzene rings is 9. The van der Waals surface area contributed by atoms with Gasteiger partial charge in [-0.1, -0.05) is 190 Å². The zero-order chi connectivity index (χ0) is 39.3. The number of rotatable bonds is 5. The Morgan fingerprint density at radius 3 is 1.44 bits per heavy atom. The minimum atomic E-state index is -0.385. The van der Waals surface area contributed by atoms with Crippen LogP contribution in [-0.2, 0) is 10.8 Å². The van der Waals surface area contributed by atoms with E-state index >= 15 is 0 Å². The molecule has 1 nitrogen and oxygen atoms in total. The maximum atomic E-state index is 2.49. The first-order valence-electron chi connectivity index (χ1n) is 20.8. The molecule has 3 aliphatic rings. The van der Waals surface area contributed by atoms with Crippen LogP contribution < -0.4 is 4.90 Å². The predicted octanol–water partition coefficient (Wildman–Crippen LogP) is 15.1. The van der Waals surface area contributed by atoms with Gasteiger partial charge in [0.1, 0.15) is 0 Å². The standard InChI is InChI=1S/C58H41N/c1-57(2)49-27-13-9-22-43(49)47-34-33-41(37-54(47)57)59(40-20-7-4-8-21-40)55-31-17-26-42(38-18-5-3-6-19-38)56(55)39-32-35-53-48(36-39)46-25-12-16-30-52(46)58(53)50-28-14-10-23-44(50)45-24-11-15-29-51(45)58/h3-37H,1-2H3. The van der Waals surface area contributed by atoms with E-state index in [1.807, 2.05) is 0 Å². The van der Waals surface area contributed by atoms with Crippen molar-refractivity contribution in [1.29, 1.82) is 0 Å². The lowest BCUT2D eigenvalue weighted by atomic mass is 9.70. The van der Waals surface area contributed by atoms with Crippen molar-refractivity contribution < 1.29 is 0 Å². The zero-order valence-corrected chi connectivity index (χ0v) is 33.2. The van der Waals surface area contributed by atoms with Gasteiger partial charge in [-0.2, -0.15) is 0 Å². The molecule has 0 heterocycles. The molecule has 0 fully saturated rings. The van der Waals surface area contributed by atoms with Gasteiger partial charge in [0.2, 0.25) is 0 Å². The summed E-state index contributed by atoms with van der Waals surface area (Å²) < 4.78 is 0. The Bertz CT molecular complexity index is 3090. The monoisotopic (exact) mass is 751 g/mol. The molecule has 0 saturated carbocycles. The van der Waals surface area contributed by atoms with Gasteiger partial charge in [-0.05, 0) is 120 Å². The largest absolute Gasteiger partial charge is 0.310 e. The van der Waals surface area contributed by atoms with E-state index in [1.54, 1.807) is 0 Å². The van der Waals surface area contributed by atoms with E-state index < -0.39 is 0 Å². The smallest absolute Gasteiger partial charge is 0.0725 e. The molecule has 0 atom stereocenters. The van der Waals surface area contributed by atoms with E-state index in [9.17, 15) is 0 Å². The molecule has 3 aliphatic carbocycles. The number of nitrogens with zero attached hydrogens (tertiary/aromatic N) is 1. The minimum absolute atomic E-state index is 0.125. The molecule has 0 saturated heterocycles. The van der Waals surface area contributed by atoms with Crippen LogP contribution in [0.3, 0.4) is 0 Å². The van der Waals surface area contributed by atoms with Gasteiger partial charge in [0, 0.05) is 22.4 Å². The zero-order valence-electron chi connectivity index (χ0n) is 33.2. The summed E-state index contributed by atoms with van der Waals surface area (Å²) >= 11 is 0. The van der Waals surface area contributed by atoms with Gasteiger partial charge in [0.25, 0.3) is 0 Å². The van der Waals surface area contributed by atoms with Crippen LogP contribution in [0.4, 0.5) is 17.1 Å². The number of hydrogen-bond donors (Lipinski definition) is 0. The first kappa shape index (κ1) is 33.9. The van der Waals surface area contributed by atoms with Gasteiger partial charge in [0.15, 0.2) is 0 Å². The highest BCUT2D eigenvalue weighted by atomic mass is 15.1. The number of para-hydroxylation sites is 1. The molecule has 0 amide bonds. The third-order valence-electron chi connectivity index (χ3n) is 13.5. The lowest BCUT2D eigenvalue weighted by Gasteiger charge is -2.31. The second-order valence-electron chi connectivity index (χ2n) is 16.8. The van der Waals surface area contributed by atoms with Crippen molar-refractivity contribution in [2.75, 3.05) is 4.90 Å². The van der Waals surface area contributed by atoms with Crippen molar-refractivity contribution in [3.63, 3.8) is 0 Å². The van der Waals surface area contributed by atoms with Crippen LogP contribution in [0.2, 0.25) is 0 Å². The quantitative estimate of drug-likeness (QED) is 0.169. The van der Waals surface area contributed by atoms with E-state index in [4.69, 9.17) is 0 Å². The SMILES string of the molecule is CC1(C)c2ccccc2-c2ccc(N(c3ccccc3)c3cccc(-c4ccccc4)c3-c3ccc4c(c3)-c3ccccc3C43c4ccccc4-c4ccccc43)cc21. The molecule has 278 valence electrons. The van der Waals surface area contributed by atoms with Gasteiger partial charge < -0.3 is 4.90 Å². The molecule has 0 radical (unpaired) electrons. The van der Waals surface area contributed by atoms with Crippen molar-refractivity contribution in [3.8, 4) is 55.6 Å². The third kappa shape index (κ3) is 4.67. The van der Waals surface area contributed by atoms with Crippen LogP contribution in [0.5, 0.6) is 0 Å². The molecule has 0 unspecified atom stereocenters. The molecule has 9 aromatic carbocycles. The fourth-order valence-electron chi connectivity index (χ4n) is 11.0. The van der Waals surface area contributed by atoms with Gasteiger partial charge in [-0.15, -0.1) is 0 Å². The maximum Gasteiger partial charge on any atom is 0.0725 e. The topological polar surface area (TPSA) is 3.24 Å². The molecule has 1 spiro atoms. The van der Waals surface area contributed by atoms with Crippen LogP contribution in [0, 0.1) is 0 Å². The Hall–Kier alpha value is -7.22. The third-order valence-corrected chi connectivity index (χ3v) is 13.5. The highest BCUT2D eigenvalue weighted by molar-refractivity contribution is 6.01. The van der Waals surface area contributed by atoms with Crippen LogP contribution in [0.25, 0.3) is 55.6 Å². The van der Waals surface area contributed by atoms with Crippen molar-refractivity contribution in [3.05, 3.63) is 246 Å². The summed E-state index contributed by atoms with van der Waals surface area (Å²) in [6.45, 7) is 4.73. The van der Waals surface area contributed by atoms with Crippen molar-refractivity contribution in [2.45, 2.75) is 24.7 Å². The van der Waals surface area contributed by atoms with Crippen LogP contribution in [0.1, 0.15) is 47.2 Å². The first-order chi connectivity index (χ1) is 29.0. The molecule has 9 aromatic rings. The number of anilines is 3. The number of hydrogen-bond acceptors (Lipinski definition) is 1. The van der Waals surface area contributed by atoms with Crippen LogP contribution >= 0.6 is 0 Å². The minimum Gasteiger partial charge on any atom is -0.310 e. The average molecular weight is 752 g/mol. The molecule has 0 aromatic heterocycles. The second kappa shape index (κ2) is 12.6. The first-order valence-corrected chi connectivity index (χ1v) is 20.8. The molecule has 1 heteroatoms. The Balaban J connectivity index is 1.12. The molecule has 0 bridgehead atoms. The second-order valence-corrected chi connectivity index (χ2v) is 16.8. The van der Waals surface area contributed by atoms with Crippen LogP contribution in [0.15, 0.2) is 212 Å². The summed E-state index contributed by atoms with van der Waals surface area (Å²) in [6.07, 6.45) is 0. The van der Waals surface area contributed by atoms with E-state index in [0.717, 1.165) is 17.1 Å². The summed E-state index contributed by atoms with van der Waals surface area (Å²) in [5, 5.41) is 0. The van der Waals surface area contributed by atoms with Gasteiger partial charge in [-0.3, -0.25) is 0 Å². The summed E-state index contributed by atoms with van der Waals surface area (Å²) in [5.74, 6) is 0. The summed E-state index contributed by atoms with van der Waals surface area (Å²) in [6, 6.07) is 79.2. The van der Waals surface area contributed by atoms with Crippen molar-refractivity contribution in [1.82, 2.24) is 0 Å². The molecule has 12 rings (SSSR count). The van der Waals surface area contributed by atoms with Gasteiger partial charge >= 0.3 is 0 Å². The maximum absolute atomic E-state index is 2.49. The molecule has 0 aliphatic heterocycles. The fraction of sp³-hybridized carbons (Fsp3) is 0.0690. The molecular formula is C58H41N. The van der Waals surface area contributed by atoms with E-state index in [1.165, 1.54) is 89.0 Å². The number of fused-ring (bicyclic) bond motifs is 13. The molecular weight excluding hydrogens is 711 g/mol. The molecule has 0 N–H and O–H groups in total. The fourth-order valence-corrected chi connectivity index (χ4v) is 11.0. The lowest BCUT2D eigenvalue weighted by Crippen LogP contribution is -2.25. The Morgan fingerprint density at radius 1 is 0.305 bits per heavy atom. The van der Waals surface area contributed by atoms with E-state index in [0.29, 0.717) is 0 Å². The van der Waals surface area contributed by atoms with Gasteiger partial charge in [-0.25, -0.2) is 0 Å². The lowest BCUT2D eigenvalue weighted by molar-refractivity contribution is 0.660. The van der Waals surface area contributed by atoms with E-state index in [-0.39, 0.29) is 10.8 Å². The summed E-state index contributed by atoms with van der Waals surface area (Å²) in [4.78, 5) is 2.48.